The molecule has 0 atom stereocenters. The molecular formula is C21H20N6O2. The van der Waals surface area contributed by atoms with Crippen LogP contribution in [0.1, 0.15) is 39.9 Å². The van der Waals surface area contributed by atoms with E-state index in [0.29, 0.717) is 11.6 Å². The van der Waals surface area contributed by atoms with Gasteiger partial charge in [-0.2, -0.15) is 0 Å². The molecule has 0 bridgehead atoms. The number of carbonyl (C=O) groups is 2. The number of anilines is 2. The van der Waals surface area contributed by atoms with Crippen LogP contribution in [0.15, 0.2) is 54.9 Å². The topological polar surface area (TPSA) is 121 Å². The normalized spacial score (nSPS) is 10.9. The lowest BCUT2D eigenvalue weighted by Crippen LogP contribution is -2.30. The molecule has 2 amide bonds. The smallest absolute Gasteiger partial charge is 0.286 e. The van der Waals surface area contributed by atoms with Crippen LogP contribution in [0.2, 0.25) is 0 Å². The number of nitrogens with one attached hydrogen (secondary N) is 2. The largest absolute Gasteiger partial charge is 0.364 e. The molecule has 8 heteroatoms. The second kappa shape index (κ2) is 7.59. The fraction of sp³-hybridized carbons (Fsp3) is 0.143. The molecule has 0 saturated carbocycles. The van der Waals surface area contributed by atoms with Crippen molar-refractivity contribution in [3.05, 3.63) is 71.8 Å². The number of para-hydroxylation sites is 3. The van der Waals surface area contributed by atoms with Crippen LogP contribution >= 0.6 is 0 Å². The lowest BCUT2D eigenvalue weighted by atomic mass is 10.1. The zero-order valence-electron chi connectivity index (χ0n) is 15.8. The number of benzene rings is 2. The highest BCUT2D eigenvalue weighted by Gasteiger charge is 2.29. The van der Waals surface area contributed by atoms with Crippen LogP contribution in [0, 0.1) is 0 Å². The van der Waals surface area contributed by atoms with E-state index in [1.165, 1.54) is 11.2 Å². The maximum absolute atomic E-state index is 13.5. The predicted molar refractivity (Wildman–Crippen MR) is 110 cm³/mol. The van der Waals surface area contributed by atoms with Crippen molar-refractivity contribution in [2.75, 3.05) is 4.90 Å². The zero-order valence-corrected chi connectivity index (χ0v) is 15.8. The highest BCUT2D eigenvalue weighted by molar-refractivity contribution is 6.14. The summed E-state index contributed by atoms with van der Waals surface area (Å²) in [4.78, 5) is 41.2. The molecule has 146 valence electrons. The molecular weight excluding hydrogens is 368 g/mol. The molecule has 2 aromatic carbocycles. The summed E-state index contributed by atoms with van der Waals surface area (Å²) in [6, 6.07) is 15.1. The van der Waals surface area contributed by atoms with Gasteiger partial charge in [0.25, 0.3) is 11.8 Å². The Morgan fingerprint density at radius 1 is 1.10 bits per heavy atom. The summed E-state index contributed by atoms with van der Waals surface area (Å²) in [5.41, 5.74) is 8.51. The second-order valence-electron chi connectivity index (χ2n) is 6.59. The highest BCUT2D eigenvalue weighted by atomic mass is 16.2. The summed E-state index contributed by atoms with van der Waals surface area (Å²) < 4.78 is 0. The number of rotatable bonds is 6. The van der Waals surface area contributed by atoms with E-state index < -0.39 is 11.8 Å². The third-order valence-corrected chi connectivity index (χ3v) is 4.63. The predicted octanol–water partition coefficient (Wildman–Crippen LogP) is 3.32. The summed E-state index contributed by atoms with van der Waals surface area (Å²) in [6.07, 6.45) is 2.97. The van der Waals surface area contributed by atoms with Crippen molar-refractivity contribution in [2.24, 2.45) is 5.73 Å². The minimum Gasteiger partial charge on any atom is -0.364 e. The third-order valence-electron chi connectivity index (χ3n) is 4.63. The first-order valence-electron chi connectivity index (χ1n) is 9.30. The molecule has 4 aromatic rings. The standard InChI is InChI=1S/C21H20N6O2/c1-2-7-13-8-3-6-11-16(13)27(20(29)18-17(19(22)28)23-12-24-18)21-25-14-9-4-5-10-15(14)26-21/h3-6,8-12H,2,7H2,1H3,(H2,22,28)(H,23,24)(H,25,26). The summed E-state index contributed by atoms with van der Waals surface area (Å²) in [5, 5.41) is 0. The van der Waals surface area contributed by atoms with Gasteiger partial charge in [0.05, 0.1) is 23.0 Å². The third kappa shape index (κ3) is 3.36. The van der Waals surface area contributed by atoms with Crippen molar-refractivity contribution in [3.8, 4) is 0 Å². The van der Waals surface area contributed by atoms with Crippen LogP contribution in [-0.2, 0) is 6.42 Å². The van der Waals surface area contributed by atoms with Gasteiger partial charge in [0.2, 0.25) is 5.95 Å². The maximum Gasteiger partial charge on any atom is 0.286 e. The number of fused-ring (bicyclic) bond motifs is 1. The highest BCUT2D eigenvalue weighted by Crippen LogP contribution is 2.31. The van der Waals surface area contributed by atoms with Crippen molar-refractivity contribution in [1.82, 2.24) is 19.9 Å². The second-order valence-corrected chi connectivity index (χ2v) is 6.59. The first-order valence-corrected chi connectivity index (χ1v) is 9.30. The Bertz CT molecular complexity index is 1160. The fourth-order valence-electron chi connectivity index (χ4n) is 3.32. The Kier molecular flexibility index (Phi) is 4.82. The molecule has 0 fully saturated rings. The minimum atomic E-state index is -0.753. The number of hydrogen-bond donors (Lipinski definition) is 3. The molecule has 0 aliphatic carbocycles. The maximum atomic E-state index is 13.5. The molecule has 4 N–H and O–H groups in total. The fourth-order valence-corrected chi connectivity index (χ4v) is 3.32. The Hall–Kier alpha value is -3.94. The summed E-state index contributed by atoms with van der Waals surface area (Å²) in [6.45, 7) is 2.07. The van der Waals surface area contributed by atoms with Crippen LogP contribution in [0.5, 0.6) is 0 Å². The quantitative estimate of drug-likeness (QED) is 0.469. The molecule has 0 radical (unpaired) electrons. The van der Waals surface area contributed by atoms with E-state index in [1.54, 1.807) is 0 Å². The van der Waals surface area contributed by atoms with Gasteiger partial charge in [0, 0.05) is 0 Å². The number of nitrogens with zero attached hydrogens (tertiary/aromatic N) is 3. The molecule has 2 heterocycles. The van der Waals surface area contributed by atoms with Crippen LogP contribution in [0.4, 0.5) is 11.6 Å². The van der Waals surface area contributed by atoms with Crippen LogP contribution in [0.25, 0.3) is 11.0 Å². The van der Waals surface area contributed by atoms with Crippen LogP contribution in [-0.4, -0.2) is 31.8 Å². The molecule has 0 aliphatic rings. The summed E-state index contributed by atoms with van der Waals surface area (Å²) in [7, 11) is 0. The average molecular weight is 388 g/mol. The van der Waals surface area contributed by atoms with Gasteiger partial charge in [-0.3, -0.25) is 9.59 Å². The van der Waals surface area contributed by atoms with Gasteiger partial charge in [-0.1, -0.05) is 43.7 Å². The first-order chi connectivity index (χ1) is 14.1. The summed E-state index contributed by atoms with van der Waals surface area (Å²) >= 11 is 0. The number of amides is 2. The number of H-pyrrole nitrogens is 2. The van der Waals surface area contributed by atoms with Gasteiger partial charge in [-0.05, 0) is 30.2 Å². The van der Waals surface area contributed by atoms with Gasteiger partial charge >= 0.3 is 0 Å². The number of carbonyl (C=O) groups excluding carboxylic acids is 2. The molecule has 8 nitrogen and oxygen atoms in total. The van der Waals surface area contributed by atoms with E-state index in [4.69, 9.17) is 5.73 Å². The Labute approximate surface area is 166 Å². The average Bonchev–Trinajstić information content (AvgIpc) is 3.36. The number of nitrogens with two attached hydrogens (primary N) is 1. The van der Waals surface area contributed by atoms with Crippen molar-refractivity contribution < 1.29 is 9.59 Å². The van der Waals surface area contributed by atoms with E-state index in [9.17, 15) is 9.59 Å². The molecule has 0 aliphatic heterocycles. The van der Waals surface area contributed by atoms with E-state index in [1.807, 2.05) is 48.5 Å². The number of hydrogen-bond acceptors (Lipinski definition) is 4. The lowest BCUT2D eigenvalue weighted by Gasteiger charge is -2.22. The van der Waals surface area contributed by atoms with E-state index in [-0.39, 0.29) is 11.4 Å². The number of aryl methyl sites for hydroxylation is 1. The SMILES string of the molecule is CCCc1ccccc1N(C(=O)c1nc[nH]c1C(N)=O)c1nc2ccccc2[nH]1. The minimum absolute atomic E-state index is 0.0379. The summed E-state index contributed by atoms with van der Waals surface area (Å²) in [5.74, 6) is -0.905. The molecule has 29 heavy (non-hydrogen) atoms. The number of primary amides is 1. The van der Waals surface area contributed by atoms with Gasteiger partial charge in [0.15, 0.2) is 5.69 Å². The molecule has 0 saturated heterocycles. The Balaban J connectivity index is 1.91. The van der Waals surface area contributed by atoms with E-state index in [0.717, 1.165) is 29.4 Å². The monoisotopic (exact) mass is 388 g/mol. The van der Waals surface area contributed by atoms with Crippen LogP contribution in [0.3, 0.4) is 0 Å². The Morgan fingerprint density at radius 2 is 1.86 bits per heavy atom. The van der Waals surface area contributed by atoms with Crippen molar-refractivity contribution in [3.63, 3.8) is 0 Å². The first kappa shape index (κ1) is 18.4. The molecule has 4 rings (SSSR count). The molecule has 0 unspecified atom stereocenters. The van der Waals surface area contributed by atoms with Gasteiger partial charge in [0.1, 0.15) is 5.69 Å². The van der Waals surface area contributed by atoms with Crippen molar-refractivity contribution in [2.45, 2.75) is 19.8 Å². The Morgan fingerprint density at radius 3 is 2.62 bits per heavy atom. The zero-order chi connectivity index (χ0) is 20.4. The van der Waals surface area contributed by atoms with Gasteiger partial charge < -0.3 is 15.7 Å². The number of aromatic nitrogens is 4. The van der Waals surface area contributed by atoms with E-state index in [2.05, 4.69) is 26.9 Å². The van der Waals surface area contributed by atoms with Gasteiger partial charge in [-0.15, -0.1) is 0 Å². The van der Waals surface area contributed by atoms with Gasteiger partial charge in [-0.25, -0.2) is 14.9 Å². The van der Waals surface area contributed by atoms with E-state index >= 15 is 0 Å². The molecule has 2 aromatic heterocycles. The van der Waals surface area contributed by atoms with Crippen molar-refractivity contribution in [1.29, 1.82) is 0 Å². The van der Waals surface area contributed by atoms with Crippen molar-refractivity contribution >= 4 is 34.5 Å². The number of imidazole rings is 2. The lowest BCUT2D eigenvalue weighted by molar-refractivity contribution is 0.0961. The molecule has 0 spiro atoms. The number of aromatic amines is 2. The van der Waals surface area contributed by atoms with Crippen LogP contribution < -0.4 is 10.6 Å².